The molecule has 5 nitrogen and oxygen atoms in total. The fraction of sp³-hybridized carbons (Fsp3) is 0.720. The number of ketones is 1. The molecule has 162 valence electrons. The molecule has 0 heterocycles. The van der Waals surface area contributed by atoms with Crippen molar-refractivity contribution in [3.05, 3.63) is 11.6 Å². The van der Waals surface area contributed by atoms with Gasteiger partial charge in [-0.3, -0.25) is 14.4 Å². The molecular weight excluding hydrogens is 380 g/mol. The molecule has 3 unspecified atom stereocenters. The second-order valence-corrected chi connectivity index (χ2v) is 10.3. The molecule has 4 aliphatic carbocycles. The van der Waals surface area contributed by atoms with Crippen LogP contribution < -0.4 is 0 Å². The van der Waals surface area contributed by atoms with E-state index in [1.165, 1.54) is 5.57 Å². The highest BCUT2D eigenvalue weighted by molar-refractivity contribution is 5.91. The SMILES string of the molecule is C#C[C@]1(OC(=O)CCC(=O)O)CCC2C3CCC4=CC(=O)CC[C@@]4(C)C3CC[C@]21C. The van der Waals surface area contributed by atoms with Gasteiger partial charge in [0, 0.05) is 11.8 Å². The molecule has 0 amide bonds. The van der Waals surface area contributed by atoms with Crippen LogP contribution in [0.2, 0.25) is 0 Å². The zero-order chi connectivity index (χ0) is 21.7. The maximum absolute atomic E-state index is 12.4. The molecule has 0 aromatic carbocycles. The highest BCUT2D eigenvalue weighted by atomic mass is 16.6. The summed E-state index contributed by atoms with van der Waals surface area (Å²) in [5.74, 6) is 3.05. The first-order valence-electron chi connectivity index (χ1n) is 11.3. The molecule has 0 aromatic heterocycles. The number of terminal acetylenes is 1. The van der Waals surface area contributed by atoms with Gasteiger partial charge in [-0.05, 0) is 74.2 Å². The van der Waals surface area contributed by atoms with Crippen LogP contribution in [0.5, 0.6) is 0 Å². The van der Waals surface area contributed by atoms with Gasteiger partial charge in [-0.25, -0.2) is 0 Å². The van der Waals surface area contributed by atoms with Crippen LogP contribution in [-0.4, -0.2) is 28.4 Å². The number of fused-ring (bicyclic) bond motifs is 5. The van der Waals surface area contributed by atoms with Gasteiger partial charge in [0.15, 0.2) is 11.4 Å². The Labute approximate surface area is 178 Å². The first-order valence-corrected chi connectivity index (χ1v) is 11.3. The van der Waals surface area contributed by atoms with E-state index in [0.717, 1.165) is 38.5 Å². The first-order chi connectivity index (χ1) is 14.1. The minimum absolute atomic E-state index is 0.0950. The maximum Gasteiger partial charge on any atom is 0.307 e. The average Bonchev–Trinajstić information content (AvgIpc) is 2.99. The van der Waals surface area contributed by atoms with E-state index in [0.29, 0.717) is 30.6 Å². The standard InChI is InChI=1S/C25H32O5/c1-4-25(30-22(29)8-7-21(27)28)14-11-20-18-6-5-16-15-17(26)9-12-23(16,2)19(18)10-13-24(20,25)3/h1,15,18-20H,5-14H2,2-3H3,(H,27,28)/t18?,19?,20?,23-,24-,25+/m1/s1. The van der Waals surface area contributed by atoms with Gasteiger partial charge in [-0.15, -0.1) is 6.42 Å². The van der Waals surface area contributed by atoms with Crippen LogP contribution in [0.15, 0.2) is 11.6 Å². The van der Waals surface area contributed by atoms with Crippen molar-refractivity contribution >= 4 is 17.7 Å². The van der Waals surface area contributed by atoms with Gasteiger partial charge in [-0.2, -0.15) is 0 Å². The van der Waals surface area contributed by atoms with E-state index in [9.17, 15) is 14.4 Å². The monoisotopic (exact) mass is 412 g/mol. The van der Waals surface area contributed by atoms with Crippen molar-refractivity contribution in [1.82, 2.24) is 0 Å². The lowest BCUT2D eigenvalue weighted by Crippen LogP contribution is -2.55. The van der Waals surface area contributed by atoms with Crippen molar-refractivity contribution in [3.63, 3.8) is 0 Å². The smallest absolute Gasteiger partial charge is 0.307 e. The van der Waals surface area contributed by atoms with Crippen LogP contribution in [0.25, 0.3) is 0 Å². The summed E-state index contributed by atoms with van der Waals surface area (Å²) < 4.78 is 5.90. The van der Waals surface area contributed by atoms with Gasteiger partial charge in [0.05, 0.1) is 12.8 Å². The summed E-state index contributed by atoms with van der Waals surface area (Å²) >= 11 is 0. The summed E-state index contributed by atoms with van der Waals surface area (Å²) in [6, 6.07) is 0. The van der Waals surface area contributed by atoms with Crippen LogP contribution in [0.1, 0.15) is 78.1 Å². The summed E-state index contributed by atoms with van der Waals surface area (Å²) in [5.41, 5.74) is 0.198. The zero-order valence-electron chi connectivity index (χ0n) is 18.0. The molecular formula is C25H32O5. The predicted octanol–water partition coefficient (Wildman–Crippen LogP) is 4.30. The summed E-state index contributed by atoms with van der Waals surface area (Å²) in [5, 5.41) is 8.87. The highest BCUT2D eigenvalue weighted by Crippen LogP contribution is 2.68. The molecule has 1 N–H and O–H groups in total. The van der Waals surface area contributed by atoms with Crippen LogP contribution in [0.4, 0.5) is 0 Å². The van der Waals surface area contributed by atoms with Crippen molar-refractivity contribution in [2.45, 2.75) is 83.7 Å². The number of hydrogen-bond acceptors (Lipinski definition) is 4. The van der Waals surface area contributed by atoms with Crippen molar-refractivity contribution in [3.8, 4) is 12.3 Å². The van der Waals surface area contributed by atoms with Crippen molar-refractivity contribution in [2.75, 3.05) is 0 Å². The third-order valence-corrected chi connectivity index (χ3v) is 9.15. The largest absolute Gasteiger partial charge is 0.481 e. The van der Waals surface area contributed by atoms with E-state index < -0.39 is 17.5 Å². The molecule has 5 heteroatoms. The second-order valence-electron chi connectivity index (χ2n) is 10.3. The average molecular weight is 413 g/mol. The first kappa shape index (κ1) is 21.2. The Kier molecular flexibility index (Phi) is 5.11. The second kappa shape index (κ2) is 7.25. The Hall–Kier alpha value is -2.09. The van der Waals surface area contributed by atoms with E-state index >= 15 is 0 Å². The van der Waals surface area contributed by atoms with Crippen LogP contribution in [-0.2, 0) is 19.1 Å². The summed E-state index contributed by atoms with van der Waals surface area (Å²) in [6.45, 7) is 4.53. The Morgan fingerprint density at radius 3 is 2.57 bits per heavy atom. The van der Waals surface area contributed by atoms with Crippen LogP contribution in [0.3, 0.4) is 0 Å². The maximum atomic E-state index is 12.4. The van der Waals surface area contributed by atoms with E-state index in [1.807, 2.05) is 6.08 Å². The number of ether oxygens (including phenoxy) is 1. The van der Waals surface area contributed by atoms with Crippen LogP contribution in [0, 0.1) is 40.9 Å². The lowest BCUT2D eigenvalue weighted by atomic mass is 9.46. The molecule has 0 aromatic rings. The quantitative estimate of drug-likeness (QED) is 0.550. The molecule has 0 radical (unpaired) electrons. The third-order valence-electron chi connectivity index (χ3n) is 9.15. The van der Waals surface area contributed by atoms with Crippen molar-refractivity contribution in [1.29, 1.82) is 0 Å². The molecule has 0 bridgehead atoms. The number of aliphatic carboxylic acids is 1. The molecule has 30 heavy (non-hydrogen) atoms. The summed E-state index contributed by atoms with van der Waals surface area (Å²) in [6.07, 6.45) is 14.6. The van der Waals surface area contributed by atoms with E-state index in [-0.39, 0.29) is 29.5 Å². The Morgan fingerprint density at radius 1 is 1.13 bits per heavy atom. The van der Waals surface area contributed by atoms with E-state index in [2.05, 4.69) is 19.8 Å². The van der Waals surface area contributed by atoms with Gasteiger partial charge in [0.25, 0.3) is 0 Å². The number of carbonyl (C=O) groups is 3. The van der Waals surface area contributed by atoms with Gasteiger partial charge in [0.1, 0.15) is 0 Å². The minimum Gasteiger partial charge on any atom is -0.481 e. The summed E-state index contributed by atoms with van der Waals surface area (Å²) in [7, 11) is 0. The summed E-state index contributed by atoms with van der Waals surface area (Å²) in [4.78, 5) is 35.2. The fourth-order valence-electron chi connectivity index (χ4n) is 7.45. The van der Waals surface area contributed by atoms with Gasteiger partial charge >= 0.3 is 11.9 Å². The highest BCUT2D eigenvalue weighted by Gasteiger charge is 2.65. The minimum atomic E-state index is -1.01. The molecule has 6 atom stereocenters. The van der Waals surface area contributed by atoms with Gasteiger partial charge in [0.2, 0.25) is 0 Å². The van der Waals surface area contributed by atoms with E-state index in [4.69, 9.17) is 16.3 Å². The lowest BCUT2D eigenvalue weighted by molar-refractivity contribution is -0.172. The number of esters is 1. The number of carbonyl (C=O) groups excluding carboxylic acids is 2. The number of carboxylic acids is 1. The number of rotatable bonds is 4. The third kappa shape index (κ3) is 3.02. The zero-order valence-corrected chi connectivity index (χ0v) is 18.0. The fourth-order valence-corrected chi connectivity index (χ4v) is 7.45. The molecule has 0 saturated heterocycles. The van der Waals surface area contributed by atoms with Gasteiger partial charge < -0.3 is 9.84 Å². The lowest BCUT2D eigenvalue weighted by Gasteiger charge is -2.58. The molecule has 4 aliphatic rings. The number of carboxylic acid groups (broad SMARTS) is 1. The molecule has 3 fully saturated rings. The molecule has 4 rings (SSSR count). The number of allylic oxidation sites excluding steroid dienone is 1. The normalized spacial score (nSPS) is 42.2. The topological polar surface area (TPSA) is 80.7 Å². The molecule has 0 aliphatic heterocycles. The van der Waals surface area contributed by atoms with Gasteiger partial charge in [-0.1, -0.05) is 25.3 Å². The number of hydrogen-bond donors (Lipinski definition) is 1. The molecule has 3 saturated carbocycles. The van der Waals surface area contributed by atoms with E-state index in [1.54, 1.807) is 0 Å². The Bertz CT molecular complexity index is 850. The van der Waals surface area contributed by atoms with Crippen molar-refractivity contribution < 1.29 is 24.2 Å². The Balaban J connectivity index is 1.58. The molecule has 0 spiro atoms. The predicted molar refractivity (Wildman–Crippen MR) is 111 cm³/mol. The van der Waals surface area contributed by atoms with Crippen LogP contribution >= 0.6 is 0 Å². The van der Waals surface area contributed by atoms with Crippen molar-refractivity contribution in [2.24, 2.45) is 28.6 Å². The Morgan fingerprint density at radius 2 is 1.87 bits per heavy atom.